The van der Waals surface area contributed by atoms with Crippen molar-refractivity contribution in [2.75, 3.05) is 26.3 Å². The van der Waals surface area contributed by atoms with Crippen LogP contribution in [0.1, 0.15) is 70.6 Å². The zero-order valence-electron chi connectivity index (χ0n) is 17.2. The van der Waals surface area contributed by atoms with E-state index in [1.165, 1.54) is 23.5 Å². The third kappa shape index (κ3) is 12.8. The van der Waals surface area contributed by atoms with Gasteiger partial charge in [-0.1, -0.05) is 44.9 Å². The van der Waals surface area contributed by atoms with Crippen molar-refractivity contribution in [3.8, 4) is 0 Å². The number of carboxylic acid groups (broad SMARTS) is 1. The summed E-state index contributed by atoms with van der Waals surface area (Å²) in [5.41, 5.74) is 0. The maximum atomic E-state index is 11.6. The van der Waals surface area contributed by atoms with Crippen LogP contribution >= 0.6 is 0 Å². The topological polar surface area (TPSA) is 113 Å². The van der Waals surface area contributed by atoms with Gasteiger partial charge in [0.2, 0.25) is 5.91 Å². The molecule has 0 bridgehead atoms. The molecule has 164 valence electrons. The van der Waals surface area contributed by atoms with Crippen molar-refractivity contribution < 1.29 is 29.0 Å². The summed E-state index contributed by atoms with van der Waals surface area (Å²) in [5.74, 6) is -1.28. The number of carboxylic acids is 1. The molecule has 0 atom stereocenters. The Bertz CT molecular complexity index is 543. The number of amides is 3. The van der Waals surface area contributed by atoms with E-state index >= 15 is 0 Å². The summed E-state index contributed by atoms with van der Waals surface area (Å²) >= 11 is 0. The standard InChI is InChI=1S/C21H34N2O6/c24-18(22-14-17-29-16-13-21(27)28)10-8-6-4-2-1-3-5-7-9-15-23-19(25)11-12-20(23)26/h11-12H,1-10,13-17H2,(H,22,24)(H,27,28). The van der Waals surface area contributed by atoms with Crippen LogP contribution in [-0.4, -0.2) is 60.0 Å². The number of unbranched alkanes of at least 4 members (excludes halogenated alkanes) is 8. The first kappa shape index (κ1) is 24.8. The van der Waals surface area contributed by atoms with Crippen LogP contribution in [0, 0.1) is 0 Å². The van der Waals surface area contributed by atoms with Gasteiger partial charge in [-0.05, 0) is 12.8 Å². The van der Waals surface area contributed by atoms with Gasteiger partial charge in [-0.2, -0.15) is 0 Å². The van der Waals surface area contributed by atoms with Crippen LogP contribution in [0.5, 0.6) is 0 Å². The third-order valence-electron chi connectivity index (χ3n) is 4.71. The summed E-state index contributed by atoms with van der Waals surface area (Å²) in [6.07, 6.45) is 12.6. The molecule has 0 aromatic carbocycles. The Hall–Kier alpha value is -2.22. The molecule has 0 saturated carbocycles. The first-order chi connectivity index (χ1) is 14.0. The van der Waals surface area contributed by atoms with Crippen molar-refractivity contribution in [2.45, 2.75) is 70.6 Å². The minimum absolute atomic E-state index is 0.0111. The number of carbonyl (C=O) groups is 4. The minimum Gasteiger partial charge on any atom is -0.481 e. The lowest BCUT2D eigenvalue weighted by molar-refractivity contribution is -0.139. The molecule has 0 radical (unpaired) electrons. The van der Waals surface area contributed by atoms with Gasteiger partial charge in [0, 0.05) is 31.7 Å². The van der Waals surface area contributed by atoms with E-state index < -0.39 is 5.97 Å². The molecule has 1 aliphatic heterocycles. The first-order valence-corrected chi connectivity index (χ1v) is 10.6. The quantitative estimate of drug-likeness (QED) is 0.265. The van der Waals surface area contributed by atoms with Crippen molar-refractivity contribution in [1.82, 2.24) is 10.2 Å². The molecule has 1 aliphatic rings. The zero-order valence-corrected chi connectivity index (χ0v) is 17.2. The van der Waals surface area contributed by atoms with Gasteiger partial charge in [-0.15, -0.1) is 0 Å². The maximum absolute atomic E-state index is 11.6. The van der Waals surface area contributed by atoms with Gasteiger partial charge in [0.1, 0.15) is 0 Å². The number of nitrogens with zero attached hydrogens (tertiary/aromatic N) is 1. The van der Waals surface area contributed by atoms with Gasteiger partial charge < -0.3 is 15.2 Å². The normalized spacial score (nSPS) is 13.3. The Morgan fingerprint density at radius 3 is 1.97 bits per heavy atom. The van der Waals surface area contributed by atoms with Gasteiger partial charge in [0.05, 0.1) is 19.6 Å². The van der Waals surface area contributed by atoms with Crippen LogP contribution < -0.4 is 5.32 Å². The third-order valence-corrected chi connectivity index (χ3v) is 4.71. The second-order valence-electron chi connectivity index (χ2n) is 7.20. The van der Waals surface area contributed by atoms with Crippen molar-refractivity contribution in [3.05, 3.63) is 12.2 Å². The molecule has 0 aromatic rings. The zero-order chi connectivity index (χ0) is 21.3. The molecule has 0 aromatic heterocycles. The van der Waals surface area contributed by atoms with Gasteiger partial charge in [0.25, 0.3) is 11.8 Å². The molecule has 0 spiro atoms. The van der Waals surface area contributed by atoms with Crippen molar-refractivity contribution in [2.24, 2.45) is 0 Å². The van der Waals surface area contributed by atoms with Crippen molar-refractivity contribution in [3.63, 3.8) is 0 Å². The van der Waals surface area contributed by atoms with Crippen LogP contribution in [0.25, 0.3) is 0 Å². The van der Waals surface area contributed by atoms with Crippen molar-refractivity contribution in [1.29, 1.82) is 0 Å². The molecule has 0 aliphatic carbocycles. The SMILES string of the molecule is O=C(O)CCOCCNC(=O)CCCCCCCCCCCN1C(=O)C=CC1=O. The van der Waals surface area contributed by atoms with E-state index in [-0.39, 0.29) is 30.7 Å². The molecule has 1 rings (SSSR count). The highest BCUT2D eigenvalue weighted by atomic mass is 16.5. The summed E-state index contributed by atoms with van der Waals surface area (Å²) in [7, 11) is 0. The fourth-order valence-electron chi connectivity index (χ4n) is 3.06. The highest BCUT2D eigenvalue weighted by molar-refractivity contribution is 6.12. The molecular weight excluding hydrogens is 376 g/mol. The van der Waals surface area contributed by atoms with E-state index in [2.05, 4.69) is 5.32 Å². The number of hydrogen-bond donors (Lipinski definition) is 2. The van der Waals surface area contributed by atoms with Gasteiger partial charge >= 0.3 is 5.97 Å². The molecule has 1 heterocycles. The molecule has 2 N–H and O–H groups in total. The van der Waals surface area contributed by atoms with Gasteiger partial charge in [-0.25, -0.2) is 0 Å². The van der Waals surface area contributed by atoms with E-state index in [4.69, 9.17) is 9.84 Å². The smallest absolute Gasteiger partial charge is 0.305 e. The van der Waals surface area contributed by atoms with Crippen LogP contribution in [0.3, 0.4) is 0 Å². The summed E-state index contributed by atoms with van der Waals surface area (Å²) in [5, 5.41) is 11.2. The predicted octanol–water partition coefficient (Wildman–Crippen LogP) is 2.42. The largest absolute Gasteiger partial charge is 0.481 e. The lowest BCUT2D eigenvalue weighted by Gasteiger charge is -2.12. The first-order valence-electron chi connectivity index (χ1n) is 10.6. The lowest BCUT2D eigenvalue weighted by Crippen LogP contribution is -2.30. The number of ether oxygens (including phenoxy) is 1. The Kier molecular flexibility index (Phi) is 13.4. The molecule has 0 saturated heterocycles. The molecule has 29 heavy (non-hydrogen) atoms. The van der Waals surface area contributed by atoms with E-state index in [0.29, 0.717) is 26.1 Å². The van der Waals surface area contributed by atoms with Crippen LogP contribution in [0.4, 0.5) is 0 Å². The summed E-state index contributed by atoms with van der Waals surface area (Å²) in [6, 6.07) is 0. The maximum Gasteiger partial charge on any atom is 0.305 e. The van der Waals surface area contributed by atoms with E-state index in [9.17, 15) is 19.2 Å². The number of rotatable bonds is 18. The summed E-state index contributed by atoms with van der Waals surface area (Å²) in [6.45, 7) is 1.43. The average Bonchev–Trinajstić information content (AvgIpc) is 3.00. The second kappa shape index (κ2) is 15.7. The van der Waals surface area contributed by atoms with Crippen LogP contribution in [-0.2, 0) is 23.9 Å². The second-order valence-corrected chi connectivity index (χ2v) is 7.20. The summed E-state index contributed by atoms with van der Waals surface area (Å²) in [4.78, 5) is 46.0. The Labute approximate surface area is 172 Å². The van der Waals surface area contributed by atoms with E-state index in [1.807, 2.05) is 0 Å². The number of aliphatic carboxylic acids is 1. The monoisotopic (exact) mass is 410 g/mol. The predicted molar refractivity (Wildman–Crippen MR) is 108 cm³/mol. The van der Waals surface area contributed by atoms with Crippen LogP contribution in [0.2, 0.25) is 0 Å². The van der Waals surface area contributed by atoms with E-state index in [0.717, 1.165) is 51.4 Å². The molecule has 8 nitrogen and oxygen atoms in total. The summed E-state index contributed by atoms with van der Waals surface area (Å²) < 4.78 is 5.10. The lowest BCUT2D eigenvalue weighted by atomic mass is 10.1. The fourth-order valence-corrected chi connectivity index (χ4v) is 3.06. The number of hydrogen-bond acceptors (Lipinski definition) is 5. The Morgan fingerprint density at radius 1 is 0.828 bits per heavy atom. The van der Waals surface area contributed by atoms with E-state index in [1.54, 1.807) is 0 Å². The molecule has 8 heteroatoms. The molecule has 0 fully saturated rings. The van der Waals surface area contributed by atoms with Crippen molar-refractivity contribution >= 4 is 23.7 Å². The van der Waals surface area contributed by atoms with Gasteiger partial charge in [-0.3, -0.25) is 24.1 Å². The van der Waals surface area contributed by atoms with Gasteiger partial charge in [0.15, 0.2) is 0 Å². The highest BCUT2D eigenvalue weighted by Gasteiger charge is 2.21. The highest BCUT2D eigenvalue weighted by Crippen LogP contribution is 2.12. The number of imide groups is 1. The molecular formula is C21H34N2O6. The average molecular weight is 411 g/mol. The fraction of sp³-hybridized carbons (Fsp3) is 0.714. The number of nitrogens with one attached hydrogen (secondary N) is 1. The molecule has 3 amide bonds. The Balaban J connectivity index is 1.79. The van der Waals surface area contributed by atoms with Crippen LogP contribution in [0.15, 0.2) is 12.2 Å². The Morgan fingerprint density at radius 2 is 1.38 bits per heavy atom. The molecule has 0 unspecified atom stereocenters. The number of carbonyl (C=O) groups excluding carboxylic acids is 3. The minimum atomic E-state index is -0.889.